The standard InChI is InChI=1S/C89H142O17P2/c1-5-9-13-17-21-25-29-33-36-39-41-44-46-50-53-57-61-65-69-73-86(91)99-79-84(105-88(93)75-71-67-63-59-55-49-32-28-24-20-16-12-8-4)81-103-107(95,96)101-77-83(90)78-102-108(97,98)104-82-85(106-89(94)76-72-68-64-60-56-52-48-43-38-35-31-27-23-19-15-11-7-3)80-100-87(92)74-70-66-62-58-54-51-47-45-42-40-37-34-30-26-22-18-14-10-6-2/h9-11,13-16,20-23,25-28,32-38,41-42,44-45,50-51,53-54,61,65,83-85,90H,5-8,12,17-19,24,29-31,39-40,43,46-49,52,55-60,62-64,66-82H2,1-4H3,(H,95,96)(H,97,98)/b13-9-,14-10-,15-11-,20-16-,25-21-,26-22-,27-23-,32-28-,36-33-,37-34-,38-35-,44-41-,45-42-,53-50-,54-51-,65-61-. The Morgan fingerprint density at radius 1 is 0.269 bits per heavy atom. The van der Waals surface area contributed by atoms with Crippen LogP contribution < -0.4 is 0 Å². The van der Waals surface area contributed by atoms with Crippen molar-refractivity contribution in [1.82, 2.24) is 0 Å². The molecule has 0 saturated heterocycles. The highest BCUT2D eigenvalue weighted by atomic mass is 31.2. The number of allylic oxidation sites excluding steroid dienone is 32. The van der Waals surface area contributed by atoms with E-state index in [4.69, 9.17) is 37.0 Å². The van der Waals surface area contributed by atoms with Crippen LogP contribution in [0.4, 0.5) is 0 Å². The molecule has 19 heteroatoms. The maximum absolute atomic E-state index is 13.1. The number of phosphoric acid groups is 2. The van der Waals surface area contributed by atoms with Gasteiger partial charge in [0.1, 0.15) is 19.3 Å². The van der Waals surface area contributed by atoms with E-state index in [0.717, 1.165) is 199 Å². The molecular weight excluding hydrogens is 1400 g/mol. The molecule has 108 heavy (non-hydrogen) atoms. The lowest BCUT2D eigenvalue weighted by atomic mass is 10.1. The summed E-state index contributed by atoms with van der Waals surface area (Å²) in [7, 11) is -10.0. The lowest BCUT2D eigenvalue weighted by Gasteiger charge is -2.21. The molecule has 610 valence electrons. The molecule has 0 aliphatic heterocycles. The first-order valence-corrected chi connectivity index (χ1v) is 43.7. The molecule has 0 bridgehead atoms. The minimum atomic E-state index is -5.01. The fourth-order valence-corrected chi connectivity index (χ4v) is 11.5. The molecule has 0 saturated carbocycles. The van der Waals surface area contributed by atoms with E-state index in [0.29, 0.717) is 32.1 Å². The molecule has 5 atom stereocenters. The van der Waals surface area contributed by atoms with E-state index in [2.05, 4.69) is 204 Å². The molecule has 0 fully saturated rings. The molecule has 0 aromatic carbocycles. The molecule has 17 nitrogen and oxygen atoms in total. The molecule has 0 aromatic rings. The third kappa shape index (κ3) is 78.0. The molecule has 5 unspecified atom stereocenters. The van der Waals surface area contributed by atoms with Gasteiger partial charge >= 0.3 is 39.5 Å². The maximum atomic E-state index is 13.1. The van der Waals surface area contributed by atoms with Gasteiger partial charge in [0.25, 0.3) is 0 Å². The van der Waals surface area contributed by atoms with Crippen molar-refractivity contribution in [3.63, 3.8) is 0 Å². The van der Waals surface area contributed by atoms with Gasteiger partial charge in [0, 0.05) is 25.7 Å². The summed E-state index contributed by atoms with van der Waals surface area (Å²) in [5, 5.41) is 10.7. The van der Waals surface area contributed by atoms with Crippen LogP contribution in [0.25, 0.3) is 0 Å². The normalized spacial score (nSPS) is 14.8. The monoisotopic (exact) mass is 1540 g/mol. The number of aliphatic hydroxyl groups is 1. The second kappa shape index (κ2) is 79.0. The van der Waals surface area contributed by atoms with Crippen molar-refractivity contribution in [2.24, 2.45) is 0 Å². The van der Waals surface area contributed by atoms with Crippen LogP contribution in [0.15, 0.2) is 194 Å². The summed E-state index contributed by atoms with van der Waals surface area (Å²) in [6.07, 6.45) is 97.1. The average molecular weight is 1550 g/mol. The highest BCUT2D eigenvalue weighted by Crippen LogP contribution is 2.45. The molecule has 0 spiro atoms. The molecule has 0 rings (SSSR count). The first-order valence-electron chi connectivity index (χ1n) is 40.7. The predicted octanol–water partition coefficient (Wildman–Crippen LogP) is 24.1. The average Bonchev–Trinajstić information content (AvgIpc) is 0.916. The fraction of sp³-hybridized carbons (Fsp3) is 0.596. The van der Waals surface area contributed by atoms with Crippen molar-refractivity contribution in [3.8, 4) is 0 Å². The summed E-state index contributed by atoms with van der Waals surface area (Å²) in [6, 6.07) is 0. The number of phosphoric ester groups is 2. The van der Waals surface area contributed by atoms with Gasteiger partial charge in [-0.2, -0.15) is 0 Å². The summed E-state index contributed by atoms with van der Waals surface area (Å²) in [5.74, 6) is -2.35. The second-order valence-electron chi connectivity index (χ2n) is 26.2. The Hall–Kier alpha value is -6.10. The highest BCUT2D eigenvalue weighted by molar-refractivity contribution is 7.47. The number of rotatable bonds is 74. The van der Waals surface area contributed by atoms with Crippen molar-refractivity contribution in [2.45, 2.75) is 303 Å². The molecule has 0 aromatic heterocycles. The van der Waals surface area contributed by atoms with Gasteiger partial charge in [-0.15, -0.1) is 0 Å². The van der Waals surface area contributed by atoms with Gasteiger partial charge < -0.3 is 33.8 Å². The number of hydrogen-bond acceptors (Lipinski definition) is 15. The lowest BCUT2D eigenvalue weighted by Crippen LogP contribution is -2.30. The van der Waals surface area contributed by atoms with Crippen LogP contribution in [0.2, 0.25) is 0 Å². The van der Waals surface area contributed by atoms with Crippen molar-refractivity contribution >= 4 is 39.5 Å². The molecule has 0 radical (unpaired) electrons. The minimum Gasteiger partial charge on any atom is -0.462 e. The number of unbranched alkanes of at least 4 members (excludes halogenated alkanes) is 16. The molecule has 0 aliphatic rings. The molecule has 3 N–H and O–H groups in total. The topological polar surface area (TPSA) is 237 Å². The van der Waals surface area contributed by atoms with Crippen molar-refractivity contribution < 1.29 is 80.2 Å². The number of ether oxygens (including phenoxy) is 4. The molecule has 0 heterocycles. The van der Waals surface area contributed by atoms with Crippen LogP contribution in [0, 0.1) is 0 Å². The van der Waals surface area contributed by atoms with Crippen LogP contribution in [0.1, 0.15) is 285 Å². The highest BCUT2D eigenvalue weighted by Gasteiger charge is 2.30. The van der Waals surface area contributed by atoms with Crippen LogP contribution in [-0.2, 0) is 65.4 Å². The van der Waals surface area contributed by atoms with Crippen molar-refractivity contribution in [2.75, 3.05) is 39.6 Å². The Labute approximate surface area is 653 Å². The zero-order valence-corrected chi connectivity index (χ0v) is 68.5. The zero-order chi connectivity index (χ0) is 78.9. The first kappa shape index (κ1) is 102. The molecular formula is C89H142O17P2. The van der Waals surface area contributed by atoms with Crippen LogP contribution in [0.3, 0.4) is 0 Å². The van der Waals surface area contributed by atoms with E-state index in [1.165, 1.54) is 0 Å². The van der Waals surface area contributed by atoms with Gasteiger partial charge in [-0.25, -0.2) is 9.13 Å². The Kier molecular flexibility index (Phi) is 74.5. The Morgan fingerprint density at radius 2 is 0.500 bits per heavy atom. The van der Waals surface area contributed by atoms with E-state index in [-0.39, 0.29) is 25.7 Å². The first-order chi connectivity index (χ1) is 52.7. The molecule has 0 aliphatic carbocycles. The van der Waals surface area contributed by atoms with Crippen molar-refractivity contribution in [1.29, 1.82) is 0 Å². The summed E-state index contributed by atoms with van der Waals surface area (Å²) >= 11 is 0. The Balaban J connectivity index is 5.49. The zero-order valence-electron chi connectivity index (χ0n) is 66.7. The third-order valence-electron chi connectivity index (χ3n) is 16.0. The van der Waals surface area contributed by atoms with E-state index < -0.39 is 97.5 Å². The summed E-state index contributed by atoms with van der Waals surface area (Å²) in [4.78, 5) is 73.1. The summed E-state index contributed by atoms with van der Waals surface area (Å²) in [5.41, 5.74) is 0. The van der Waals surface area contributed by atoms with Crippen LogP contribution >= 0.6 is 15.6 Å². The molecule has 0 amide bonds. The van der Waals surface area contributed by atoms with Gasteiger partial charge in [0.15, 0.2) is 12.2 Å². The Bertz CT molecular complexity index is 2810. The van der Waals surface area contributed by atoms with E-state index >= 15 is 0 Å². The van der Waals surface area contributed by atoms with Crippen LogP contribution in [0.5, 0.6) is 0 Å². The number of esters is 4. The van der Waals surface area contributed by atoms with Gasteiger partial charge in [-0.1, -0.05) is 286 Å². The maximum Gasteiger partial charge on any atom is 0.472 e. The summed E-state index contributed by atoms with van der Waals surface area (Å²) in [6.45, 7) is 4.30. The minimum absolute atomic E-state index is 0.0255. The summed E-state index contributed by atoms with van der Waals surface area (Å²) < 4.78 is 68.5. The second-order valence-corrected chi connectivity index (χ2v) is 29.1. The SMILES string of the molecule is CC/C=C\C/C=C\C/C=C\C/C=C\C/C=C\C/C=C\CCC(=O)OCC(COP(=O)(O)OCC(O)COP(=O)(O)OCC(COC(=O)CCCCC/C=C\C/C=C\C/C=C\C/C=C\C/C=C\CC)OC(=O)CCCCCCCCC/C=C\C/C=C\C/C=C\CC)OC(=O)CCCCCCC/C=C\C/C=C\CCC. The number of hydrogen-bond donors (Lipinski definition) is 3. The van der Waals surface area contributed by atoms with Crippen molar-refractivity contribution in [3.05, 3.63) is 194 Å². The van der Waals surface area contributed by atoms with Crippen LogP contribution in [-0.4, -0.2) is 96.7 Å². The Morgan fingerprint density at radius 3 is 0.806 bits per heavy atom. The predicted molar refractivity (Wildman–Crippen MR) is 445 cm³/mol. The number of carbonyl (C=O) groups excluding carboxylic acids is 4. The number of aliphatic hydroxyl groups excluding tert-OH is 1. The van der Waals surface area contributed by atoms with Gasteiger partial charge in [-0.05, 0) is 167 Å². The van der Waals surface area contributed by atoms with E-state index in [1.807, 2.05) is 18.2 Å². The third-order valence-corrected chi connectivity index (χ3v) is 17.9. The van der Waals surface area contributed by atoms with E-state index in [9.17, 15) is 43.2 Å². The quantitative estimate of drug-likeness (QED) is 0.0169. The number of carbonyl (C=O) groups is 4. The smallest absolute Gasteiger partial charge is 0.462 e. The van der Waals surface area contributed by atoms with Gasteiger partial charge in [0.05, 0.1) is 26.4 Å². The largest absolute Gasteiger partial charge is 0.472 e. The van der Waals surface area contributed by atoms with E-state index in [1.54, 1.807) is 0 Å². The van der Waals surface area contributed by atoms with Gasteiger partial charge in [0.2, 0.25) is 0 Å². The fourth-order valence-electron chi connectivity index (χ4n) is 9.97. The lowest BCUT2D eigenvalue weighted by molar-refractivity contribution is -0.161. The van der Waals surface area contributed by atoms with Gasteiger partial charge in [-0.3, -0.25) is 37.3 Å².